The molecule has 0 saturated heterocycles. The first kappa shape index (κ1) is 29.6. The molecule has 0 aromatic heterocycles. The summed E-state index contributed by atoms with van der Waals surface area (Å²) < 4.78 is 5.44. The minimum atomic E-state index is -1.30. The highest BCUT2D eigenvalue weighted by atomic mass is 16.5. The number of Topliss-reactive ketones (excluding diaryl/α,β-unsaturated/α-hetero) is 1. The van der Waals surface area contributed by atoms with Crippen LogP contribution in [0.5, 0.6) is 11.5 Å². The first-order valence-corrected chi connectivity index (χ1v) is 11.9. The molecule has 0 spiro atoms. The van der Waals surface area contributed by atoms with E-state index in [4.69, 9.17) is 4.74 Å². The molecule has 190 valence electrons. The van der Waals surface area contributed by atoms with Crippen molar-refractivity contribution in [1.29, 1.82) is 0 Å². The van der Waals surface area contributed by atoms with Gasteiger partial charge >= 0.3 is 0 Å². The number of hydrogen-bond acceptors (Lipinski definition) is 6. The van der Waals surface area contributed by atoms with Gasteiger partial charge in [0.2, 0.25) is 0 Å². The maximum atomic E-state index is 12.4. The smallest absolute Gasteiger partial charge is 0.159 e. The number of aliphatic hydroxyl groups excluding tert-OH is 1. The number of carbonyl (C=O) groups is 2. The highest BCUT2D eigenvalue weighted by Crippen LogP contribution is 2.29. The third-order valence-corrected chi connectivity index (χ3v) is 6.04. The Labute approximate surface area is 204 Å². The van der Waals surface area contributed by atoms with Crippen molar-refractivity contribution in [2.75, 3.05) is 7.11 Å². The third-order valence-electron chi connectivity index (χ3n) is 6.04. The van der Waals surface area contributed by atoms with Gasteiger partial charge in [-0.05, 0) is 84.1 Å². The lowest BCUT2D eigenvalue weighted by Crippen LogP contribution is -2.38. The average molecular weight is 475 g/mol. The Balaban J connectivity index is 2.54. The fraction of sp³-hybridized carbons (Fsp3) is 0.571. The lowest BCUT2D eigenvalue weighted by atomic mass is 9.90. The van der Waals surface area contributed by atoms with E-state index in [-0.39, 0.29) is 29.7 Å². The van der Waals surface area contributed by atoms with Crippen LogP contribution in [-0.2, 0) is 16.0 Å². The Hall–Kier alpha value is -2.44. The lowest BCUT2D eigenvalue weighted by Gasteiger charge is -2.24. The molecule has 1 aromatic rings. The summed E-state index contributed by atoms with van der Waals surface area (Å²) in [6.45, 7) is 10.5. The van der Waals surface area contributed by atoms with Gasteiger partial charge in [0.05, 0.1) is 18.8 Å². The second-order valence-corrected chi connectivity index (χ2v) is 9.98. The van der Waals surface area contributed by atoms with Crippen LogP contribution in [0.15, 0.2) is 35.4 Å². The summed E-state index contributed by atoms with van der Waals surface area (Å²) in [7, 11) is 1.60. The van der Waals surface area contributed by atoms with Crippen LogP contribution in [0.2, 0.25) is 0 Å². The summed E-state index contributed by atoms with van der Waals surface area (Å²) >= 11 is 0. The number of methoxy groups -OCH3 is 1. The van der Waals surface area contributed by atoms with Gasteiger partial charge in [0.25, 0.3) is 0 Å². The van der Waals surface area contributed by atoms with Crippen molar-refractivity contribution in [3.63, 3.8) is 0 Å². The molecule has 0 saturated carbocycles. The van der Waals surface area contributed by atoms with Crippen LogP contribution < -0.4 is 4.74 Å². The standard InChI is InChI=1S/C28H42O6/c1-18(9-8-10-20(3)25(31)17-26(32)28(5,6)33)13-23(29)14-19(2)11-12-22-16-24(30)15-21(4)27(22)34-7/h11,13,15-16,20,26,30,32-33H,8-10,12,14,17H2,1-7H3. The number of rotatable bonds is 14. The van der Waals surface area contributed by atoms with E-state index in [2.05, 4.69) is 0 Å². The normalized spacial score (nSPS) is 14.6. The zero-order valence-electron chi connectivity index (χ0n) is 21.8. The first-order valence-electron chi connectivity index (χ1n) is 11.9. The molecule has 6 nitrogen and oxygen atoms in total. The van der Waals surface area contributed by atoms with Gasteiger partial charge in [0.1, 0.15) is 17.3 Å². The molecule has 1 aromatic carbocycles. The highest BCUT2D eigenvalue weighted by Gasteiger charge is 2.28. The molecule has 3 N–H and O–H groups in total. The fourth-order valence-electron chi connectivity index (χ4n) is 3.79. The molecule has 2 unspecified atom stereocenters. The zero-order chi connectivity index (χ0) is 26.1. The van der Waals surface area contributed by atoms with Crippen molar-refractivity contribution in [2.45, 2.75) is 91.8 Å². The number of phenolic OH excluding ortho intramolecular Hbond substituents is 1. The van der Waals surface area contributed by atoms with Gasteiger partial charge < -0.3 is 20.1 Å². The second kappa shape index (κ2) is 13.4. The number of aliphatic hydroxyl groups is 2. The van der Waals surface area contributed by atoms with Crippen molar-refractivity contribution in [1.82, 2.24) is 0 Å². The lowest BCUT2D eigenvalue weighted by molar-refractivity contribution is -0.129. The maximum Gasteiger partial charge on any atom is 0.159 e. The summed E-state index contributed by atoms with van der Waals surface area (Å²) in [6.07, 6.45) is 5.56. The molecule has 0 bridgehead atoms. The number of ether oxygens (including phenoxy) is 1. The van der Waals surface area contributed by atoms with Crippen LogP contribution >= 0.6 is 0 Å². The van der Waals surface area contributed by atoms with Gasteiger partial charge in [-0.3, -0.25) is 9.59 Å². The summed E-state index contributed by atoms with van der Waals surface area (Å²) in [5.74, 6) is 0.697. The molecule has 0 fully saturated rings. The number of phenols is 1. The summed E-state index contributed by atoms with van der Waals surface area (Å²) in [5.41, 5.74) is 2.36. The number of hydrogen-bond donors (Lipinski definition) is 3. The molecule has 1 rings (SSSR count). The molecule has 6 heteroatoms. The van der Waals surface area contributed by atoms with E-state index in [0.717, 1.165) is 40.9 Å². The van der Waals surface area contributed by atoms with Crippen LogP contribution in [-0.4, -0.2) is 45.7 Å². The topological polar surface area (TPSA) is 104 Å². The Bertz CT molecular complexity index is 904. The summed E-state index contributed by atoms with van der Waals surface area (Å²) in [5, 5.41) is 29.5. The van der Waals surface area contributed by atoms with Crippen molar-refractivity contribution < 1.29 is 29.6 Å². The number of benzene rings is 1. The zero-order valence-corrected chi connectivity index (χ0v) is 21.8. The van der Waals surface area contributed by atoms with E-state index < -0.39 is 11.7 Å². The van der Waals surface area contributed by atoms with Crippen LogP contribution in [0, 0.1) is 12.8 Å². The van der Waals surface area contributed by atoms with Gasteiger partial charge in [-0.2, -0.15) is 0 Å². The van der Waals surface area contributed by atoms with Crippen molar-refractivity contribution in [2.24, 2.45) is 5.92 Å². The Morgan fingerprint density at radius 3 is 2.41 bits per heavy atom. The van der Waals surface area contributed by atoms with Crippen molar-refractivity contribution in [3.8, 4) is 11.5 Å². The van der Waals surface area contributed by atoms with Gasteiger partial charge in [0.15, 0.2) is 5.78 Å². The first-order chi connectivity index (χ1) is 15.7. The van der Waals surface area contributed by atoms with E-state index in [1.54, 1.807) is 25.3 Å². The number of carbonyl (C=O) groups excluding carboxylic acids is 2. The predicted molar refractivity (Wildman–Crippen MR) is 135 cm³/mol. The largest absolute Gasteiger partial charge is 0.508 e. The number of aryl methyl sites for hydroxylation is 1. The third kappa shape index (κ3) is 10.2. The van der Waals surface area contributed by atoms with E-state index in [1.165, 1.54) is 13.8 Å². The maximum absolute atomic E-state index is 12.4. The number of ketones is 2. The van der Waals surface area contributed by atoms with Crippen LogP contribution in [0.1, 0.15) is 77.8 Å². The van der Waals surface area contributed by atoms with Gasteiger partial charge in [-0.25, -0.2) is 0 Å². The highest BCUT2D eigenvalue weighted by molar-refractivity contribution is 5.91. The predicted octanol–water partition coefficient (Wildman–Crippen LogP) is 5.00. The molecule has 0 aliphatic rings. The molecule has 0 amide bonds. The summed E-state index contributed by atoms with van der Waals surface area (Å²) in [6, 6.07) is 3.34. The van der Waals surface area contributed by atoms with E-state index in [0.29, 0.717) is 19.3 Å². The minimum Gasteiger partial charge on any atom is -0.508 e. The van der Waals surface area contributed by atoms with Gasteiger partial charge in [-0.15, -0.1) is 0 Å². The van der Waals surface area contributed by atoms with Crippen LogP contribution in [0.25, 0.3) is 0 Å². The fourth-order valence-corrected chi connectivity index (χ4v) is 3.79. The Kier molecular flexibility index (Phi) is 11.7. The number of allylic oxidation sites excluding steroid dienone is 4. The van der Waals surface area contributed by atoms with Gasteiger partial charge in [-0.1, -0.05) is 24.1 Å². The van der Waals surface area contributed by atoms with Gasteiger partial charge in [0, 0.05) is 24.3 Å². The van der Waals surface area contributed by atoms with Crippen molar-refractivity contribution in [3.05, 3.63) is 46.6 Å². The Morgan fingerprint density at radius 1 is 1.18 bits per heavy atom. The average Bonchev–Trinajstić information content (AvgIpc) is 2.70. The minimum absolute atomic E-state index is 0.0303. The quantitative estimate of drug-likeness (QED) is 0.259. The molecule has 0 aliphatic carbocycles. The molecular weight excluding hydrogens is 432 g/mol. The SMILES string of the molecule is COc1c(C)cc(O)cc1CC=C(C)CC(=O)C=C(C)CCCC(C)C(=O)CC(O)C(C)(C)O. The van der Waals surface area contributed by atoms with Crippen molar-refractivity contribution >= 4 is 11.6 Å². The molecular formula is C28H42O6. The molecule has 0 aliphatic heterocycles. The summed E-state index contributed by atoms with van der Waals surface area (Å²) in [4.78, 5) is 24.7. The van der Waals surface area contributed by atoms with E-state index >= 15 is 0 Å². The molecule has 0 heterocycles. The molecule has 2 atom stereocenters. The number of aromatic hydroxyl groups is 1. The molecule has 34 heavy (non-hydrogen) atoms. The van der Waals surface area contributed by atoms with E-state index in [9.17, 15) is 24.9 Å². The van der Waals surface area contributed by atoms with Crippen LogP contribution in [0.4, 0.5) is 0 Å². The van der Waals surface area contributed by atoms with Crippen LogP contribution in [0.3, 0.4) is 0 Å². The molecule has 0 radical (unpaired) electrons. The monoisotopic (exact) mass is 474 g/mol. The Morgan fingerprint density at radius 2 is 1.82 bits per heavy atom. The van der Waals surface area contributed by atoms with E-state index in [1.807, 2.05) is 33.8 Å². The second-order valence-electron chi connectivity index (χ2n) is 9.98.